The van der Waals surface area contributed by atoms with Crippen LogP contribution in [0.2, 0.25) is 0 Å². The minimum atomic E-state index is -0.703. The molecule has 1 atom stereocenters. The first kappa shape index (κ1) is 20.0. The molecule has 0 saturated heterocycles. The van der Waals surface area contributed by atoms with Gasteiger partial charge >= 0.3 is 0 Å². The zero-order valence-corrected chi connectivity index (χ0v) is 17.1. The average Bonchev–Trinajstić information content (AvgIpc) is 3.53. The number of ether oxygens (including phenoxy) is 1. The normalized spacial score (nSPS) is 14.3. The third kappa shape index (κ3) is 4.01. The van der Waals surface area contributed by atoms with Gasteiger partial charge in [-0.25, -0.2) is 13.8 Å². The van der Waals surface area contributed by atoms with Crippen LogP contribution < -0.4 is 10.1 Å². The van der Waals surface area contributed by atoms with Crippen molar-refractivity contribution in [3.05, 3.63) is 65.7 Å². The lowest BCUT2D eigenvalue weighted by molar-refractivity contribution is 0.102. The molecule has 1 amide bonds. The van der Waals surface area contributed by atoms with E-state index >= 15 is 0 Å². The number of hydrogen-bond donors (Lipinski definition) is 2. The SMILES string of the molecule is CC(Oc1ccc(NC(=O)c2cc(-c3ccc4[nH]nnc4n3)ccc2F)cc1F)C1CC1. The second-order valence-corrected chi connectivity index (χ2v) is 7.83. The molecule has 2 aromatic carbocycles. The van der Waals surface area contributed by atoms with E-state index in [1.54, 1.807) is 12.1 Å². The average molecular weight is 435 g/mol. The number of nitrogens with zero attached hydrogens (tertiary/aromatic N) is 3. The van der Waals surface area contributed by atoms with Crippen LogP contribution >= 0.6 is 0 Å². The molecule has 5 rings (SSSR count). The van der Waals surface area contributed by atoms with Crippen LogP contribution in [0.15, 0.2) is 48.5 Å². The number of anilines is 1. The molecular weight excluding hydrogens is 416 g/mol. The minimum absolute atomic E-state index is 0.0631. The van der Waals surface area contributed by atoms with Gasteiger partial charge in [-0.1, -0.05) is 5.21 Å². The summed E-state index contributed by atoms with van der Waals surface area (Å²) in [7, 11) is 0. The summed E-state index contributed by atoms with van der Waals surface area (Å²) in [6.07, 6.45) is 2.11. The molecule has 2 heterocycles. The monoisotopic (exact) mass is 435 g/mol. The number of hydrogen-bond acceptors (Lipinski definition) is 5. The molecular formula is C23H19F2N5O2. The smallest absolute Gasteiger partial charge is 0.258 e. The fraction of sp³-hybridized carbons (Fsp3) is 0.217. The van der Waals surface area contributed by atoms with Gasteiger partial charge in [0.1, 0.15) is 11.3 Å². The zero-order chi connectivity index (χ0) is 22.2. The number of aromatic amines is 1. The molecule has 32 heavy (non-hydrogen) atoms. The van der Waals surface area contributed by atoms with Crippen molar-refractivity contribution < 1.29 is 18.3 Å². The van der Waals surface area contributed by atoms with Crippen LogP contribution in [0.4, 0.5) is 14.5 Å². The van der Waals surface area contributed by atoms with Gasteiger partial charge in [-0.15, -0.1) is 5.10 Å². The van der Waals surface area contributed by atoms with Crippen molar-refractivity contribution in [1.82, 2.24) is 20.4 Å². The molecule has 1 saturated carbocycles. The number of rotatable bonds is 6. The maximum atomic E-state index is 14.4. The van der Waals surface area contributed by atoms with E-state index in [0.29, 0.717) is 28.3 Å². The molecule has 2 N–H and O–H groups in total. The summed E-state index contributed by atoms with van der Waals surface area (Å²) in [5.41, 5.74) is 2.13. The van der Waals surface area contributed by atoms with E-state index in [9.17, 15) is 13.6 Å². The summed E-state index contributed by atoms with van der Waals surface area (Å²) >= 11 is 0. The van der Waals surface area contributed by atoms with E-state index in [4.69, 9.17) is 4.74 Å². The van der Waals surface area contributed by atoms with Gasteiger partial charge in [0.2, 0.25) is 5.65 Å². The van der Waals surface area contributed by atoms with Gasteiger partial charge in [-0.2, -0.15) is 0 Å². The van der Waals surface area contributed by atoms with Gasteiger partial charge in [0.15, 0.2) is 11.6 Å². The summed E-state index contributed by atoms with van der Waals surface area (Å²) in [4.78, 5) is 17.1. The van der Waals surface area contributed by atoms with Crippen molar-refractivity contribution in [1.29, 1.82) is 0 Å². The molecule has 1 unspecified atom stereocenters. The van der Waals surface area contributed by atoms with Crippen LogP contribution in [0.5, 0.6) is 5.75 Å². The molecule has 9 heteroatoms. The number of aromatic nitrogens is 4. The summed E-state index contributed by atoms with van der Waals surface area (Å²) in [5, 5.41) is 12.8. The Hall–Kier alpha value is -3.88. The second kappa shape index (κ2) is 7.99. The molecule has 1 aliphatic rings. The standard InChI is InChI=1S/C23H19F2N5O2/c1-12(13-2-3-13)32-21-9-5-15(11-18(21)25)26-23(31)16-10-14(4-6-17(16)24)19-7-8-20-22(27-19)29-30-28-20/h4-13H,2-3H2,1H3,(H,26,31)(H,27,28,29,30). The first-order chi connectivity index (χ1) is 15.5. The van der Waals surface area contributed by atoms with E-state index in [-0.39, 0.29) is 23.1 Å². The van der Waals surface area contributed by atoms with E-state index in [1.165, 1.54) is 30.3 Å². The maximum absolute atomic E-state index is 14.4. The van der Waals surface area contributed by atoms with Crippen LogP contribution in [0.1, 0.15) is 30.1 Å². The van der Waals surface area contributed by atoms with Crippen LogP contribution in [0, 0.1) is 17.6 Å². The van der Waals surface area contributed by atoms with Gasteiger partial charge in [0.25, 0.3) is 5.91 Å². The highest BCUT2D eigenvalue weighted by Crippen LogP contribution is 2.35. The quantitative estimate of drug-likeness (QED) is 0.457. The highest BCUT2D eigenvalue weighted by molar-refractivity contribution is 6.05. The molecule has 2 aromatic heterocycles. The molecule has 0 aliphatic heterocycles. The second-order valence-electron chi connectivity index (χ2n) is 7.83. The van der Waals surface area contributed by atoms with E-state index in [2.05, 4.69) is 25.7 Å². The Labute approximate surface area is 181 Å². The molecule has 1 fully saturated rings. The number of pyridine rings is 1. The number of H-pyrrole nitrogens is 1. The maximum Gasteiger partial charge on any atom is 0.258 e. The van der Waals surface area contributed by atoms with Crippen LogP contribution in [0.3, 0.4) is 0 Å². The first-order valence-corrected chi connectivity index (χ1v) is 10.2. The number of amides is 1. The lowest BCUT2D eigenvalue weighted by Crippen LogP contribution is -2.16. The highest BCUT2D eigenvalue weighted by Gasteiger charge is 2.30. The molecule has 7 nitrogen and oxygen atoms in total. The van der Waals surface area contributed by atoms with E-state index in [1.807, 2.05) is 6.92 Å². The lowest BCUT2D eigenvalue weighted by Gasteiger charge is -2.15. The van der Waals surface area contributed by atoms with Crippen molar-refractivity contribution in [2.45, 2.75) is 25.9 Å². The number of benzene rings is 2. The van der Waals surface area contributed by atoms with Crippen molar-refractivity contribution in [3.63, 3.8) is 0 Å². The first-order valence-electron chi connectivity index (χ1n) is 10.2. The van der Waals surface area contributed by atoms with Gasteiger partial charge in [0.05, 0.1) is 17.4 Å². The van der Waals surface area contributed by atoms with Crippen LogP contribution in [0.25, 0.3) is 22.4 Å². The van der Waals surface area contributed by atoms with Gasteiger partial charge < -0.3 is 10.1 Å². The summed E-state index contributed by atoms with van der Waals surface area (Å²) in [6.45, 7) is 1.91. The Morgan fingerprint density at radius 1 is 1.12 bits per heavy atom. The predicted molar refractivity (Wildman–Crippen MR) is 114 cm³/mol. The molecule has 0 bridgehead atoms. The molecule has 162 valence electrons. The van der Waals surface area contributed by atoms with Crippen molar-refractivity contribution in [2.24, 2.45) is 5.92 Å². The number of nitrogens with one attached hydrogen (secondary N) is 2. The van der Waals surface area contributed by atoms with E-state index in [0.717, 1.165) is 18.9 Å². The predicted octanol–water partition coefficient (Wildman–Crippen LogP) is 4.73. The Kier molecular flexibility index (Phi) is 5.01. The van der Waals surface area contributed by atoms with E-state index < -0.39 is 17.5 Å². The molecule has 4 aromatic rings. The number of carbonyl (C=O) groups excluding carboxylic acids is 1. The third-order valence-electron chi connectivity index (χ3n) is 5.49. The zero-order valence-electron chi connectivity index (χ0n) is 17.1. The van der Waals surface area contributed by atoms with Gasteiger partial charge in [0, 0.05) is 17.3 Å². The minimum Gasteiger partial charge on any atom is -0.487 e. The number of fused-ring (bicyclic) bond motifs is 1. The van der Waals surface area contributed by atoms with Crippen molar-refractivity contribution >= 4 is 22.8 Å². The van der Waals surface area contributed by atoms with Crippen LogP contribution in [-0.2, 0) is 0 Å². The highest BCUT2D eigenvalue weighted by atomic mass is 19.1. The fourth-order valence-electron chi connectivity index (χ4n) is 3.49. The number of halogens is 2. The Balaban J connectivity index is 1.36. The Morgan fingerprint density at radius 3 is 2.75 bits per heavy atom. The topological polar surface area (TPSA) is 92.8 Å². The number of carbonyl (C=O) groups is 1. The summed E-state index contributed by atoms with van der Waals surface area (Å²) in [5.74, 6) is -1.40. The molecule has 0 radical (unpaired) electrons. The van der Waals surface area contributed by atoms with Gasteiger partial charge in [-0.3, -0.25) is 9.89 Å². The summed E-state index contributed by atoms with van der Waals surface area (Å²) in [6, 6.07) is 11.7. The fourth-order valence-corrected chi connectivity index (χ4v) is 3.49. The van der Waals surface area contributed by atoms with Crippen LogP contribution in [-0.4, -0.2) is 32.4 Å². The Morgan fingerprint density at radius 2 is 1.97 bits per heavy atom. The lowest BCUT2D eigenvalue weighted by atomic mass is 10.1. The van der Waals surface area contributed by atoms with Gasteiger partial charge in [-0.05, 0) is 68.1 Å². The largest absolute Gasteiger partial charge is 0.487 e. The third-order valence-corrected chi connectivity index (χ3v) is 5.49. The van der Waals surface area contributed by atoms with Crippen molar-refractivity contribution in [3.8, 4) is 17.0 Å². The summed E-state index contributed by atoms with van der Waals surface area (Å²) < 4.78 is 34.5. The van der Waals surface area contributed by atoms with Crippen molar-refractivity contribution in [2.75, 3.05) is 5.32 Å². The molecule has 0 spiro atoms. The Bertz CT molecular complexity index is 1320. The molecule has 1 aliphatic carbocycles.